The van der Waals surface area contributed by atoms with Crippen LogP contribution in [0.15, 0.2) is 71.9 Å². The van der Waals surface area contributed by atoms with Gasteiger partial charge in [-0.05, 0) is 55.4 Å². The molecule has 5 rings (SSSR count). The molecule has 3 heterocycles. The van der Waals surface area contributed by atoms with E-state index in [2.05, 4.69) is 56.1 Å². The Morgan fingerprint density at radius 1 is 0.941 bits per heavy atom. The molecule has 2 aromatic heterocycles. The van der Waals surface area contributed by atoms with Crippen LogP contribution in [0.1, 0.15) is 12.0 Å². The van der Waals surface area contributed by atoms with Crippen LogP contribution in [0.2, 0.25) is 5.28 Å². The van der Waals surface area contributed by atoms with E-state index in [1.165, 1.54) is 13.1 Å². The zero-order chi connectivity index (χ0) is 23.3. The second-order valence-electron chi connectivity index (χ2n) is 8.76. The van der Waals surface area contributed by atoms with Crippen LogP contribution in [0.5, 0.6) is 0 Å². The first-order valence-electron chi connectivity index (χ1n) is 11.8. The van der Waals surface area contributed by atoms with E-state index in [-0.39, 0.29) is 5.28 Å². The number of aliphatic imine (C=N–C) groups is 1. The number of aromatic nitrogens is 3. The molecule has 4 aromatic rings. The predicted molar refractivity (Wildman–Crippen MR) is 140 cm³/mol. The highest BCUT2D eigenvalue weighted by atomic mass is 35.5. The Balaban J connectivity index is 1.26. The number of nitrogens with zero attached hydrogens (tertiary/aromatic N) is 6. The summed E-state index contributed by atoms with van der Waals surface area (Å²) in [6, 6.07) is 20.5. The van der Waals surface area contributed by atoms with Gasteiger partial charge in [-0.2, -0.15) is 4.98 Å². The average Bonchev–Trinajstić information content (AvgIpc) is 3.29. The van der Waals surface area contributed by atoms with Gasteiger partial charge in [0.1, 0.15) is 5.65 Å². The lowest BCUT2D eigenvalue weighted by Crippen LogP contribution is -2.44. The number of fused-ring (bicyclic) bond motifs is 1. The number of hydrogen-bond acceptors (Lipinski definition) is 5. The monoisotopic (exact) mass is 472 g/mol. The minimum Gasteiger partial charge on any atom is -0.304 e. The molecule has 0 saturated carbocycles. The third-order valence-corrected chi connectivity index (χ3v) is 6.50. The zero-order valence-corrected chi connectivity index (χ0v) is 20.2. The first-order valence-corrected chi connectivity index (χ1v) is 12.2. The average molecular weight is 473 g/mol. The molecule has 1 fully saturated rings. The minimum absolute atomic E-state index is 0.242. The molecule has 0 atom stereocenters. The summed E-state index contributed by atoms with van der Waals surface area (Å²) in [6.07, 6.45) is 5.08. The number of hydrogen-bond donors (Lipinski definition) is 0. The normalized spacial score (nSPS) is 15.5. The lowest BCUT2D eigenvalue weighted by molar-refractivity contribution is 0.153. The lowest BCUT2D eigenvalue weighted by atomic mass is 10.1. The molecule has 174 valence electrons. The molecular formula is C27H29ClN6. The predicted octanol–water partition coefficient (Wildman–Crippen LogP) is 4.80. The van der Waals surface area contributed by atoms with Crippen molar-refractivity contribution >= 4 is 28.8 Å². The highest BCUT2D eigenvalue weighted by Gasteiger charge is 2.14. The highest BCUT2D eigenvalue weighted by Crippen LogP contribution is 2.29. The Kier molecular flexibility index (Phi) is 7.00. The van der Waals surface area contributed by atoms with Crippen LogP contribution in [0.25, 0.3) is 28.0 Å². The van der Waals surface area contributed by atoms with Crippen molar-refractivity contribution in [2.24, 2.45) is 4.99 Å². The van der Waals surface area contributed by atoms with E-state index in [0.29, 0.717) is 0 Å². The first kappa shape index (κ1) is 22.7. The third-order valence-electron chi connectivity index (χ3n) is 6.33. The molecule has 0 N–H and O–H groups in total. The van der Waals surface area contributed by atoms with Crippen LogP contribution in [0.4, 0.5) is 0 Å². The second-order valence-corrected chi connectivity index (χ2v) is 9.09. The van der Waals surface area contributed by atoms with Gasteiger partial charge in [-0.1, -0.05) is 42.5 Å². The summed E-state index contributed by atoms with van der Waals surface area (Å²) in [5.74, 6) is 0. The topological polar surface area (TPSA) is 49.5 Å². The van der Waals surface area contributed by atoms with Gasteiger partial charge in [-0.25, -0.2) is 4.98 Å². The molecule has 1 aliphatic rings. The molecule has 0 amide bonds. The van der Waals surface area contributed by atoms with Gasteiger partial charge in [-0.15, -0.1) is 0 Å². The van der Waals surface area contributed by atoms with Gasteiger partial charge in [0, 0.05) is 61.8 Å². The molecule has 1 aliphatic heterocycles. The van der Waals surface area contributed by atoms with Gasteiger partial charge in [0.15, 0.2) is 0 Å². The van der Waals surface area contributed by atoms with Crippen molar-refractivity contribution in [3.05, 3.63) is 77.7 Å². The Hall–Kier alpha value is -3.06. The molecule has 0 aliphatic carbocycles. The quantitative estimate of drug-likeness (QED) is 0.220. The van der Waals surface area contributed by atoms with Crippen molar-refractivity contribution in [2.75, 3.05) is 46.3 Å². The number of rotatable bonds is 7. The molecule has 6 nitrogen and oxygen atoms in total. The molecular weight excluding hydrogens is 444 g/mol. The van der Waals surface area contributed by atoms with Crippen molar-refractivity contribution in [3.63, 3.8) is 0 Å². The van der Waals surface area contributed by atoms with E-state index in [0.717, 1.165) is 66.1 Å². The number of piperazine rings is 1. The fourth-order valence-corrected chi connectivity index (χ4v) is 4.52. The SMILES string of the molecule is CN1CCN(CCCN=Cc2ccc(-n3ccc4c(-c5ccccc5)nc(Cl)nc43)cc2)CC1. The fourth-order valence-electron chi connectivity index (χ4n) is 4.36. The largest absolute Gasteiger partial charge is 0.304 e. The van der Waals surface area contributed by atoms with Gasteiger partial charge in [0.05, 0.1) is 5.69 Å². The van der Waals surface area contributed by atoms with Crippen LogP contribution in [-0.4, -0.2) is 76.9 Å². The lowest BCUT2D eigenvalue weighted by Gasteiger charge is -2.32. The summed E-state index contributed by atoms with van der Waals surface area (Å²) in [4.78, 5) is 18.6. The van der Waals surface area contributed by atoms with E-state index in [1.807, 2.05) is 53.4 Å². The molecule has 34 heavy (non-hydrogen) atoms. The summed E-state index contributed by atoms with van der Waals surface area (Å²) in [5.41, 5.74) is 4.78. The van der Waals surface area contributed by atoms with Gasteiger partial charge in [0.25, 0.3) is 0 Å². The maximum atomic E-state index is 6.30. The van der Waals surface area contributed by atoms with Gasteiger partial charge < -0.3 is 14.4 Å². The standard InChI is InChI=1S/C27H29ClN6/c1-32-16-18-33(19-17-32)14-5-13-29-20-21-8-10-23(11-9-21)34-15-12-24-25(22-6-3-2-4-7-22)30-27(28)31-26(24)34/h2-4,6-12,15,20H,5,13-14,16-19H2,1H3. The van der Waals surface area contributed by atoms with Crippen LogP contribution in [0, 0.1) is 0 Å². The highest BCUT2D eigenvalue weighted by molar-refractivity contribution is 6.28. The van der Waals surface area contributed by atoms with E-state index in [4.69, 9.17) is 11.6 Å². The Morgan fingerprint density at radius 2 is 1.71 bits per heavy atom. The molecule has 0 spiro atoms. The van der Waals surface area contributed by atoms with Crippen LogP contribution >= 0.6 is 11.6 Å². The second kappa shape index (κ2) is 10.5. The Labute approximate surface area is 205 Å². The van der Waals surface area contributed by atoms with E-state index < -0.39 is 0 Å². The van der Waals surface area contributed by atoms with Crippen LogP contribution in [-0.2, 0) is 0 Å². The maximum absolute atomic E-state index is 6.30. The minimum atomic E-state index is 0.242. The summed E-state index contributed by atoms with van der Waals surface area (Å²) in [6.45, 7) is 6.64. The number of halogens is 1. The van der Waals surface area contributed by atoms with Crippen molar-refractivity contribution in [3.8, 4) is 16.9 Å². The molecule has 0 unspecified atom stereocenters. The zero-order valence-electron chi connectivity index (χ0n) is 19.4. The summed E-state index contributed by atoms with van der Waals surface area (Å²) >= 11 is 6.30. The third kappa shape index (κ3) is 5.20. The van der Waals surface area contributed by atoms with Crippen molar-refractivity contribution in [1.82, 2.24) is 24.3 Å². The van der Waals surface area contributed by atoms with Crippen molar-refractivity contribution in [2.45, 2.75) is 6.42 Å². The Morgan fingerprint density at radius 3 is 2.47 bits per heavy atom. The molecule has 0 radical (unpaired) electrons. The first-order chi connectivity index (χ1) is 16.7. The van der Waals surface area contributed by atoms with Crippen LogP contribution < -0.4 is 0 Å². The molecule has 1 saturated heterocycles. The number of benzene rings is 2. The van der Waals surface area contributed by atoms with E-state index >= 15 is 0 Å². The summed E-state index contributed by atoms with van der Waals surface area (Å²) in [7, 11) is 2.19. The number of likely N-dealkylation sites (N-methyl/N-ethyl adjacent to an activating group) is 1. The van der Waals surface area contributed by atoms with E-state index in [9.17, 15) is 0 Å². The summed E-state index contributed by atoms with van der Waals surface area (Å²) < 4.78 is 2.05. The maximum Gasteiger partial charge on any atom is 0.224 e. The van der Waals surface area contributed by atoms with Crippen LogP contribution in [0.3, 0.4) is 0 Å². The van der Waals surface area contributed by atoms with E-state index in [1.54, 1.807) is 0 Å². The van der Waals surface area contributed by atoms with Gasteiger partial charge in [0.2, 0.25) is 5.28 Å². The fraction of sp³-hybridized carbons (Fsp3) is 0.296. The smallest absolute Gasteiger partial charge is 0.224 e. The molecule has 7 heteroatoms. The van der Waals surface area contributed by atoms with Crippen molar-refractivity contribution in [1.29, 1.82) is 0 Å². The molecule has 0 bridgehead atoms. The van der Waals surface area contributed by atoms with Gasteiger partial charge >= 0.3 is 0 Å². The van der Waals surface area contributed by atoms with Gasteiger partial charge in [-0.3, -0.25) is 4.99 Å². The van der Waals surface area contributed by atoms with Crippen molar-refractivity contribution < 1.29 is 0 Å². The summed E-state index contributed by atoms with van der Waals surface area (Å²) in [5, 5.41) is 1.22. The molecule has 2 aromatic carbocycles. The Bertz CT molecular complexity index is 1260.